The molecule has 2 N–H and O–H groups in total. The summed E-state index contributed by atoms with van der Waals surface area (Å²) >= 11 is 0. The highest BCUT2D eigenvalue weighted by atomic mass is 16.4. The highest BCUT2D eigenvalue weighted by Crippen LogP contribution is 2.24. The summed E-state index contributed by atoms with van der Waals surface area (Å²) in [6.45, 7) is 10.2. The molecule has 0 heterocycles. The fourth-order valence-corrected chi connectivity index (χ4v) is 2.03. The largest absolute Gasteiger partial charge is 0.481 e. The van der Waals surface area contributed by atoms with E-state index in [4.69, 9.17) is 0 Å². The van der Waals surface area contributed by atoms with Crippen LogP contribution in [0.3, 0.4) is 0 Å². The summed E-state index contributed by atoms with van der Waals surface area (Å²) < 4.78 is 0. The summed E-state index contributed by atoms with van der Waals surface area (Å²) in [6, 6.07) is 0. The van der Waals surface area contributed by atoms with Gasteiger partial charge in [-0.1, -0.05) is 47.5 Å². The Kier molecular flexibility index (Phi) is 7.72. The minimum Gasteiger partial charge on any atom is -0.481 e. The Bertz CT molecular complexity index is 294. The second-order valence-corrected chi connectivity index (χ2v) is 6.59. The third-order valence-corrected chi connectivity index (χ3v) is 3.17. The molecule has 0 radical (unpaired) electrons. The van der Waals surface area contributed by atoms with E-state index < -0.39 is 11.9 Å². The Labute approximate surface area is 117 Å². The topological polar surface area (TPSA) is 66.4 Å². The Morgan fingerprint density at radius 3 is 2.26 bits per heavy atom. The first-order chi connectivity index (χ1) is 8.67. The zero-order valence-corrected chi connectivity index (χ0v) is 13.0. The lowest BCUT2D eigenvalue weighted by Crippen LogP contribution is -2.37. The van der Waals surface area contributed by atoms with Gasteiger partial charge < -0.3 is 10.4 Å². The number of carbonyl (C=O) groups excluding carboxylic acids is 1. The molecule has 0 rings (SSSR count). The van der Waals surface area contributed by atoms with Crippen molar-refractivity contribution < 1.29 is 14.7 Å². The number of unbranched alkanes of at least 4 members (excludes halogenated alkanes) is 1. The van der Waals surface area contributed by atoms with Crippen LogP contribution < -0.4 is 5.32 Å². The second-order valence-electron chi connectivity index (χ2n) is 6.59. The monoisotopic (exact) mass is 271 g/mol. The van der Waals surface area contributed by atoms with Gasteiger partial charge >= 0.3 is 5.97 Å². The Balaban J connectivity index is 4.25. The Morgan fingerprint density at radius 1 is 1.26 bits per heavy atom. The van der Waals surface area contributed by atoms with Crippen molar-refractivity contribution in [2.75, 3.05) is 6.54 Å². The van der Waals surface area contributed by atoms with Gasteiger partial charge in [0, 0.05) is 12.5 Å². The van der Waals surface area contributed by atoms with Crippen LogP contribution in [0.4, 0.5) is 0 Å². The summed E-state index contributed by atoms with van der Waals surface area (Å²) in [4.78, 5) is 23.0. The minimum absolute atomic E-state index is 0.0337. The maximum Gasteiger partial charge on any atom is 0.308 e. The van der Waals surface area contributed by atoms with Crippen LogP contribution >= 0.6 is 0 Å². The molecular formula is C15H29NO3. The van der Waals surface area contributed by atoms with Crippen LogP contribution in [0.15, 0.2) is 0 Å². The lowest BCUT2D eigenvalue weighted by Gasteiger charge is -2.24. The normalized spacial score (nSPS) is 14.8. The molecule has 4 nitrogen and oxygen atoms in total. The van der Waals surface area contributed by atoms with E-state index in [1.54, 1.807) is 0 Å². The molecule has 1 amide bonds. The SMILES string of the molecule is CCCCC(C)C(=O)NCC(CC(C)(C)C)C(=O)O. The van der Waals surface area contributed by atoms with Gasteiger partial charge in [0.2, 0.25) is 5.91 Å². The number of aliphatic carboxylic acids is 1. The van der Waals surface area contributed by atoms with Gasteiger partial charge in [0.25, 0.3) is 0 Å². The Hall–Kier alpha value is -1.06. The van der Waals surface area contributed by atoms with Crippen LogP contribution in [0, 0.1) is 17.3 Å². The van der Waals surface area contributed by atoms with Crippen LogP contribution in [0.2, 0.25) is 0 Å². The van der Waals surface area contributed by atoms with E-state index in [-0.39, 0.29) is 23.8 Å². The first-order valence-electron chi connectivity index (χ1n) is 7.18. The molecule has 0 fully saturated rings. The molecule has 0 aliphatic rings. The molecule has 19 heavy (non-hydrogen) atoms. The van der Waals surface area contributed by atoms with Gasteiger partial charge in [-0.15, -0.1) is 0 Å². The van der Waals surface area contributed by atoms with Crippen molar-refractivity contribution >= 4 is 11.9 Å². The summed E-state index contributed by atoms with van der Waals surface area (Å²) in [5.74, 6) is -1.42. The van der Waals surface area contributed by atoms with Crippen LogP contribution in [0.1, 0.15) is 60.3 Å². The molecule has 0 spiro atoms. The molecule has 0 bridgehead atoms. The van der Waals surface area contributed by atoms with Crippen LogP contribution in [0.25, 0.3) is 0 Å². The fourth-order valence-electron chi connectivity index (χ4n) is 2.03. The molecule has 2 unspecified atom stereocenters. The smallest absolute Gasteiger partial charge is 0.308 e. The number of carboxylic acids is 1. The van der Waals surface area contributed by atoms with Crippen molar-refractivity contribution in [3.05, 3.63) is 0 Å². The van der Waals surface area contributed by atoms with Gasteiger partial charge in [-0.2, -0.15) is 0 Å². The molecule has 4 heteroatoms. The number of carbonyl (C=O) groups is 2. The quantitative estimate of drug-likeness (QED) is 0.713. The van der Waals surface area contributed by atoms with Crippen molar-refractivity contribution in [3.8, 4) is 0 Å². The van der Waals surface area contributed by atoms with Crippen molar-refractivity contribution in [2.24, 2.45) is 17.3 Å². The number of nitrogens with one attached hydrogen (secondary N) is 1. The highest BCUT2D eigenvalue weighted by molar-refractivity contribution is 5.79. The van der Waals surface area contributed by atoms with E-state index >= 15 is 0 Å². The first-order valence-corrected chi connectivity index (χ1v) is 7.18. The minimum atomic E-state index is -0.837. The van der Waals surface area contributed by atoms with E-state index in [0.29, 0.717) is 6.42 Å². The predicted octanol–water partition coefficient (Wildman–Crippen LogP) is 3.07. The van der Waals surface area contributed by atoms with Gasteiger partial charge in [0.15, 0.2) is 0 Å². The van der Waals surface area contributed by atoms with E-state index in [0.717, 1.165) is 19.3 Å². The number of hydrogen-bond donors (Lipinski definition) is 2. The average molecular weight is 271 g/mol. The highest BCUT2D eigenvalue weighted by Gasteiger charge is 2.25. The molecular weight excluding hydrogens is 242 g/mol. The molecule has 2 atom stereocenters. The van der Waals surface area contributed by atoms with Crippen molar-refractivity contribution in [3.63, 3.8) is 0 Å². The molecule has 0 aliphatic heterocycles. The van der Waals surface area contributed by atoms with E-state index in [1.807, 2.05) is 27.7 Å². The fraction of sp³-hybridized carbons (Fsp3) is 0.867. The number of carboxylic acid groups (broad SMARTS) is 1. The van der Waals surface area contributed by atoms with Gasteiger partial charge in [-0.05, 0) is 18.3 Å². The molecule has 0 aromatic carbocycles. The van der Waals surface area contributed by atoms with Gasteiger partial charge in [0.05, 0.1) is 5.92 Å². The standard InChI is InChI=1S/C15H29NO3/c1-6-7-8-11(2)13(17)16-10-12(14(18)19)9-15(3,4)5/h11-12H,6-10H2,1-5H3,(H,16,17)(H,18,19). The second kappa shape index (κ2) is 8.18. The molecule has 0 saturated carbocycles. The van der Waals surface area contributed by atoms with Crippen LogP contribution in [-0.4, -0.2) is 23.5 Å². The van der Waals surface area contributed by atoms with Crippen LogP contribution in [0.5, 0.6) is 0 Å². The number of hydrogen-bond acceptors (Lipinski definition) is 2. The Morgan fingerprint density at radius 2 is 1.84 bits per heavy atom. The summed E-state index contributed by atoms with van der Waals surface area (Å²) in [5, 5.41) is 12.0. The number of rotatable bonds is 8. The molecule has 0 saturated heterocycles. The third-order valence-electron chi connectivity index (χ3n) is 3.17. The van der Waals surface area contributed by atoms with E-state index in [9.17, 15) is 14.7 Å². The van der Waals surface area contributed by atoms with Crippen molar-refractivity contribution in [1.82, 2.24) is 5.32 Å². The lowest BCUT2D eigenvalue weighted by atomic mass is 9.84. The van der Waals surface area contributed by atoms with Gasteiger partial charge in [-0.25, -0.2) is 0 Å². The molecule has 112 valence electrons. The maximum absolute atomic E-state index is 11.8. The molecule has 0 aromatic rings. The van der Waals surface area contributed by atoms with Crippen LogP contribution in [-0.2, 0) is 9.59 Å². The summed E-state index contributed by atoms with van der Waals surface area (Å²) in [5.41, 5.74) is -0.0540. The third kappa shape index (κ3) is 8.62. The molecule has 0 aliphatic carbocycles. The summed E-state index contributed by atoms with van der Waals surface area (Å²) in [7, 11) is 0. The average Bonchev–Trinajstić information content (AvgIpc) is 2.29. The number of amides is 1. The lowest BCUT2D eigenvalue weighted by molar-refractivity contribution is -0.142. The molecule has 0 aromatic heterocycles. The summed E-state index contributed by atoms with van der Waals surface area (Å²) in [6.07, 6.45) is 3.52. The maximum atomic E-state index is 11.8. The van der Waals surface area contributed by atoms with Crippen molar-refractivity contribution in [1.29, 1.82) is 0 Å². The first kappa shape index (κ1) is 17.9. The van der Waals surface area contributed by atoms with Crippen molar-refractivity contribution in [2.45, 2.75) is 60.3 Å². The van der Waals surface area contributed by atoms with E-state index in [1.165, 1.54) is 0 Å². The van der Waals surface area contributed by atoms with E-state index in [2.05, 4.69) is 12.2 Å². The zero-order valence-electron chi connectivity index (χ0n) is 13.0. The van der Waals surface area contributed by atoms with Gasteiger partial charge in [-0.3, -0.25) is 9.59 Å². The van der Waals surface area contributed by atoms with Gasteiger partial charge in [0.1, 0.15) is 0 Å². The zero-order chi connectivity index (χ0) is 15.1. The predicted molar refractivity (Wildman–Crippen MR) is 76.9 cm³/mol.